The van der Waals surface area contributed by atoms with Crippen LogP contribution < -0.4 is 5.32 Å². The smallest absolute Gasteiger partial charge is 0.267 e. The van der Waals surface area contributed by atoms with Gasteiger partial charge in [-0.15, -0.1) is 0 Å². The van der Waals surface area contributed by atoms with E-state index in [9.17, 15) is 4.79 Å². The van der Waals surface area contributed by atoms with Gasteiger partial charge in [0.15, 0.2) is 0 Å². The second kappa shape index (κ2) is 8.29. The molecule has 2 rings (SSSR count). The minimum Gasteiger partial charge on any atom is -0.383 e. The molecule has 0 bridgehead atoms. The molecule has 0 radical (unpaired) electrons. The second-order valence-electron chi connectivity index (χ2n) is 6.16. The van der Waals surface area contributed by atoms with Gasteiger partial charge in [0.1, 0.15) is 0 Å². The molecule has 4 nitrogen and oxygen atoms in total. The molecule has 0 saturated heterocycles. The summed E-state index contributed by atoms with van der Waals surface area (Å²) in [5, 5.41) is 6.72. The maximum Gasteiger partial charge on any atom is 0.267 e. The van der Waals surface area contributed by atoms with Crippen molar-refractivity contribution in [1.29, 1.82) is 0 Å². The van der Waals surface area contributed by atoms with Crippen LogP contribution in [0.4, 0.5) is 5.69 Å². The Kier molecular flexibility index (Phi) is 6.13. The number of amides is 1. The van der Waals surface area contributed by atoms with Crippen LogP contribution in [-0.4, -0.2) is 18.2 Å². The number of aryl methyl sites for hydroxylation is 1. The Hall–Kier alpha value is -2.62. The minimum absolute atomic E-state index is 0.229. The standard InChI is InChI=1S/C20H24N2O2/c1-14(2)18-10-8-17(9-11-18)13-21-24-16(4)20(23)22-19-7-5-6-15(3)12-19/h5-14,16H,1-4H3,(H,22,23)/b21-13-/t16-/m0/s1. The molecule has 0 aliphatic heterocycles. The van der Waals surface area contributed by atoms with Gasteiger partial charge in [-0.25, -0.2) is 0 Å². The van der Waals surface area contributed by atoms with Gasteiger partial charge in [-0.2, -0.15) is 0 Å². The van der Waals surface area contributed by atoms with Crippen molar-refractivity contribution in [3.05, 3.63) is 65.2 Å². The zero-order valence-electron chi connectivity index (χ0n) is 14.6. The summed E-state index contributed by atoms with van der Waals surface area (Å²) in [6.45, 7) is 7.95. The molecule has 0 aliphatic carbocycles. The predicted molar refractivity (Wildman–Crippen MR) is 98.5 cm³/mol. The zero-order chi connectivity index (χ0) is 17.5. The average molecular weight is 324 g/mol. The molecule has 2 aromatic rings. The first-order chi connectivity index (χ1) is 11.5. The third-order valence-corrected chi connectivity index (χ3v) is 3.68. The predicted octanol–water partition coefficient (Wildman–Crippen LogP) is 4.50. The van der Waals surface area contributed by atoms with Gasteiger partial charge in [-0.05, 0) is 48.6 Å². The Labute approximate surface area is 143 Å². The Morgan fingerprint density at radius 1 is 1.12 bits per heavy atom. The zero-order valence-corrected chi connectivity index (χ0v) is 14.6. The lowest BCUT2D eigenvalue weighted by Crippen LogP contribution is -2.26. The first kappa shape index (κ1) is 17.7. The van der Waals surface area contributed by atoms with Crippen LogP contribution in [0.25, 0.3) is 0 Å². The number of hydrogen-bond acceptors (Lipinski definition) is 3. The van der Waals surface area contributed by atoms with Crippen LogP contribution in [0, 0.1) is 6.92 Å². The summed E-state index contributed by atoms with van der Waals surface area (Å²) in [7, 11) is 0. The van der Waals surface area contributed by atoms with Crippen LogP contribution in [0.5, 0.6) is 0 Å². The van der Waals surface area contributed by atoms with E-state index in [0.29, 0.717) is 5.92 Å². The van der Waals surface area contributed by atoms with Crippen molar-refractivity contribution < 1.29 is 9.63 Å². The highest BCUT2D eigenvalue weighted by atomic mass is 16.6. The number of carbonyl (C=O) groups excluding carboxylic acids is 1. The first-order valence-corrected chi connectivity index (χ1v) is 8.12. The van der Waals surface area contributed by atoms with Gasteiger partial charge in [0.2, 0.25) is 6.10 Å². The summed E-state index contributed by atoms with van der Waals surface area (Å²) in [6, 6.07) is 15.7. The van der Waals surface area contributed by atoms with E-state index in [-0.39, 0.29) is 5.91 Å². The number of hydrogen-bond donors (Lipinski definition) is 1. The second-order valence-corrected chi connectivity index (χ2v) is 6.16. The van der Waals surface area contributed by atoms with Crippen molar-refractivity contribution in [3.63, 3.8) is 0 Å². The van der Waals surface area contributed by atoms with Crippen LogP contribution in [0.15, 0.2) is 53.7 Å². The number of benzene rings is 2. The van der Waals surface area contributed by atoms with Crippen molar-refractivity contribution in [1.82, 2.24) is 0 Å². The van der Waals surface area contributed by atoms with Crippen molar-refractivity contribution in [2.45, 2.75) is 39.7 Å². The number of carbonyl (C=O) groups is 1. The first-order valence-electron chi connectivity index (χ1n) is 8.12. The number of oxime groups is 1. The van der Waals surface area contributed by atoms with Crippen molar-refractivity contribution >= 4 is 17.8 Å². The molecular formula is C20H24N2O2. The lowest BCUT2D eigenvalue weighted by atomic mass is 10.0. The van der Waals surface area contributed by atoms with Gasteiger partial charge < -0.3 is 10.2 Å². The number of rotatable bonds is 6. The number of nitrogens with one attached hydrogen (secondary N) is 1. The summed E-state index contributed by atoms with van der Waals surface area (Å²) in [6.07, 6.45) is 0.942. The van der Waals surface area contributed by atoms with Gasteiger partial charge in [0.05, 0.1) is 6.21 Å². The Balaban J connectivity index is 1.87. The lowest BCUT2D eigenvalue weighted by molar-refractivity contribution is -0.126. The molecular weight excluding hydrogens is 300 g/mol. The van der Waals surface area contributed by atoms with Crippen LogP contribution >= 0.6 is 0 Å². The largest absolute Gasteiger partial charge is 0.383 e. The summed E-state index contributed by atoms with van der Waals surface area (Å²) < 4.78 is 0. The molecule has 0 saturated carbocycles. The molecule has 0 aliphatic rings. The average Bonchev–Trinajstić information content (AvgIpc) is 2.55. The maximum atomic E-state index is 12.1. The topological polar surface area (TPSA) is 50.7 Å². The molecule has 0 aromatic heterocycles. The highest BCUT2D eigenvalue weighted by Crippen LogP contribution is 2.14. The van der Waals surface area contributed by atoms with Crippen LogP contribution in [0.2, 0.25) is 0 Å². The molecule has 24 heavy (non-hydrogen) atoms. The van der Waals surface area contributed by atoms with Gasteiger partial charge in [0.25, 0.3) is 5.91 Å². The fraction of sp³-hybridized carbons (Fsp3) is 0.300. The molecule has 1 atom stereocenters. The maximum absolute atomic E-state index is 12.1. The van der Waals surface area contributed by atoms with Gasteiger partial charge in [0, 0.05) is 5.69 Å². The fourth-order valence-corrected chi connectivity index (χ4v) is 2.16. The van der Waals surface area contributed by atoms with Crippen molar-refractivity contribution in [2.24, 2.45) is 5.16 Å². The molecule has 0 fully saturated rings. The molecule has 1 amide bonds. The monoisotopic (exact) mass is 324 g/mol. The Morgan fingerprint density at radius 3 is 2.46 bits per heavy atom. The van der Waals surface area contributed by atoms with Crippen LogP contribution in [0.1, 0.15) is 43.4 Å². The summed E-state index contributed by atoms with van der Waals surface area (Å²) in [4.78, 5) is 17.3. The number of nitrogens with zero attached hydrogens (tertiary/aromatic N) is 1. The number of anilines is 1. The van der Waals surface area contributed by atoms with E-state index in [1.807, 2.05) is 43.3 Å². The third kappa shape index (κ3) is 5.23. The molecule has 0 unspecified atom stereocenters. The van der Waals surface area contributed by atoms with E-state index >= 15 is 0 Å². The molecule has 0 heterocycles. The van der Waals surface area contributed by atoms with E-state index in [1.165, 1.54) is 5.56 Å². The highest BCUT2D eigenvalue weighted by molar-refractivity contribution is 5.94. The normalized spacial score (nSPS) is 12.4. The van der Waals surface area contributed by atoms with E-state index in [4.69, 9.17) is 4.84 Å². The van der Waals surface area contributed by atoms with E-state index in [1.54, 1.807) is 13.1 Å². The Morgan fingerprint density at radius 2 is 1.83 bits per heavy atom. The van der Waals surface area contributed by atoms with Crippen LogP contribution in [-0.2, 0) is 9.63 Å². The molecule has 0 spiro atoms. The molecule has 4 heteroatoms. The van der Waals surface area contributed by atoms with Crippen molar-refractivity contribution in [2.75, 3.05) is 5.32 Å². The van der Waals surface area contributed by atoms with E-state index in [2.05, 4.69) is 36.5 Å². The van der Waals surface area contributed by atoms with Gasteiger partial charge in [-0.1, -0.05) is 55.4 Å². The summed E-state index contributed by atoms with van der Waals surface area (Å²) in [5.41, 5.74) is 4.05. The summed E-state index contributed by atoms with van der Waals surface area (Å²) >= 11 is 0. The fourth-order valence-electron chi connectivity index (χ4n) is 2.16. The molecule has 126 valence electrons. The van der Waals surface area contributed by atoms with Crippen molar-refractivity contribution in [3.8, 4) is 0 Å². The third-order valence-electron chi connectivity index (χ3n) is 3.68. The quantitative estimate of drug-likeness (QED) is 0.628. The SMILES string of the molecule is Cc1cccc(NC(=O)[C@H](C)O/N=C\c2ccc(C(C)C)cc2)c1. The molecule has 1 N–H and O–H groups in total. The highest BCUT2D eigenvalue weighted by Gasteiger charge is 2.14. The van der Waals surface area contributed by atoms with Crippen LogP contribution in [0.3, 0.4) is 0 Å². The lowest BCUT2D eigenvalue weighted by Gasteiger charge is -2.11. The molecule has 2 aromatic carbocycles. The van der Waals surface area contributed by atoms with E-state index in [0.717, 1.165) is 16.8 Å². The van der Waals surface area contributed by atoms with Gasteiger partial charge in [-0.3, -0.25) is 4.79 Å². The van der Waals surface area contributed by atoms with Gasteiger partial charge >= 0.3 is 0 Å². The summed E-state index contributed by atoms with van der Waals surface area (Å²) in [5.74, 6) is 0.269. The van der Waals surface area contributed by atoms with E-state index < -0.39 is 6.10 Å². The minimum atomic E-state index is -0.670. The Bertz CT molecular complexity index is 706.